The van der Waals surface area contributed by atoms with Gasteiger partial charge < -0.3 is 10.7 Å². The van der Waals surface area contributed by atoms with Crippen LogP contribution in [0.4, 0.5) is 11.6 Å². The van der Waals surface area contributed by atoms with Crippen molar-refractivity contribution in [2.75, 3.05) is 10.7 Å². The molecular formula is C14H20N6. The molecule has 2 aromatic rings. The highest BCUT2D eigenvalue weighted by atomic mass is 15.3. The van der Waals surface area contributed by atoms with Gasteiger partial charge in [-0.15, -0.1) is 0 Å². The molecule has 6 nitrogen and oxygen atoms in total. The zero-order valence-corrected chi connectivity index (χ0v) is 11.8. The van der Waals surface area contributed by atoms with Crippen LogP contribution in [0.3, 0.4) is 0 Å². The van der Waals surface area contributed by atoms with E-state index < -0.39 is 0 Å². The fraction of sp³-hybridized carbons (Fsp3) is 0.357. The molecule has 20 heavy (non-hydrogen) atoms. The maximum Gasteiger partial charge on any atom is 0.148 e. The Morgan fingerprint density at radius 2 is 2.05 bits per heavy atom. The van der Waals surface area contributed by atoms with Gasteiger partial charge in [0.15, 0.2) is 0 Å². The number of nitrogens with zero attached hydrogens (tertiary/aromatic N) is 3. The van der Waals surface area contributed by atoms with Crippen LogP contribution in [0.1, 0.15) is 30.0 Å². The molecule has 2 rings (SSSR count). The van der Waals surface area contributed by atoms with Gasteiger partial charge in [-0.05, 0) is 30.5 Å². The molecular weight excluding hydrogens is 252 g/mol. The lowest BCUT2D eigenvalue weighted by atomic mass is 10.1. The molecule has 0 aliphatic heterocycles. The zero-order valence-electron chi connectivity index (χ0n) is 11.8. The Balaban J connectivity index is 2.19. The number of nitrogens with one attached hydrogen (secondary N) is 2. The van der Waals surface area contributed by atoms with Crippen molar-refractivity contribution in [3.8, 4) is 0 Å². The number of hydrogen-bond donors (Lipinski definition) is 3. The number of hydrogen-bond acceptors (Lipinski definition) is 6. The van der Waals surface area contributed by atoms with Crippen molar-refractivity contribution in [3.63, 3.8) is 0 Å². The second-order valence-electron chi connectivity index (χ2n) is 4.60. The summed E-state index contributed by atoms with van der Waals surface area (Å²) in [6.45, 7) is 4.86. The SMILES string of the molecule is CCCc1c(NN)ncnc1NCc1cnccc1C. The number of hydrazine groups is 1. The van der Waals surface area contributed by atoms with E-state index in [1.54, 1.807) is 6.20 Å². The number of anilines is 2. The van der Waals surface area contributed by atoms with Gasteiger partial charge >= 0.3 is 0 Å². The highest BCUT2D eigenvalue weighted by molar-refractivity contribution is 5.57. The van der Waals surface area contributed by atoms with E-state index in [1.165, 1.54) is 11.9 Å². The van der Waals surface area contributed by atoms with Gasteiger partial charge in [-0.3, -0.25) is 4.98 Å². The van der Waals surface area contributed by atoms with Gasteiger partial charge in [0.1, 0.15) is 18.0 Å². The highest BCUT2D eigenvalue weighted by Gasteiger charge is 2.10. The summed E-state index contributed by atoms with van der Waals surface area (Å²) in [4.78, 5) is 12.6. The minimum Gasteiger partial charge on any atom is -0.366 e. The summed E-state index contributed by atoms with van der Waals surface area (Å²) in [6.07, 6.45) is 7.04. The summed E-state index contributed by atoms with van der Waals surface area (Å²) in [6, 6.07) is 2.00. The third-order valence-corrected chi connectivity index (χ3v) is 3.18. The van der Waals surface area contributed by atoms with E-state index in [1.807, 2.05) is 12.3 Å². The maximum atomic E-state index is 5.50. The Bertz CT molecular complexity index is 569. The first-order valence-corrected chi connectivity index (χ1v) is 6.70. The van der Waals surface area contributed by atoms with Crippen LogP contribution in [-0.4, -0.2) is 15.0 Å². The molecule has 106 valence electrons. The average molecular weight is 272 g/mol. The van der Waals surface area contributed by atoms with E-state index in [2.05, 4.69) is 39.5 Å². The number of aryl methyl sites for hydroxylation is 1. The second kappa shape index (κ2) is 6.81. The van der Waals surface area contributed by atoms with Crippen LogP contribution >= 0.6 is 0 Å². The molecule has 0 saturated heterocycles. The standard InChI is InChI=1S/C14H20N6/c1-3-4-12-13(18-9-19-14(12)20-15)17-8-11-7-16-6-5-10(11)2/h5-7,9H,3-4,8,15H2,1-2H3,(H2,17,18,19,20). The fourth-order valence-electron chi connectivity index (χ4n) is 2.04. The van der Waals surface area contributed by atoms with Gasteiger partial charge in [0.25, 0.3) is 0 Å². The van der Waals surface area contributed by atoms with E-state index >= 15 is 0 Å². The fourth-order valence-corrected chi connectivity index (χ4v) is 2.04. The number of aromatic nitrogens is 3. The lowest BCUT2D eigenvalue weighted by Gasteiger charge is -2.14. The normalized spacial score (nSPS) is 10.3. The average Bonchev–Trinajstić information content (AvgIpc) is 2.47. The predicted octanol–water partition coefficient (Wildman–Crippen LogP) is 2.03. The van der Waals surface area contributed by atoms with E-state index in [0.717, 1.165) is 29.8 Å². The molecule has 0 fully saturated rings. The molecule has 4 N–H and O–H groups in total. The lowest BCUT2D eigenvalue weighted by Crippen LogP contribution is -2.14. The molecule has 0 spiro atoms. The summed E-state index contributed by atoms with van der Waals surface area (Å²) in [7, 11) is 0. The predicted molar refractivity (Wildman–Crippen MR) is 80.1 cm³/mol. The van der Waals surface area contributed by atoms with Crippen LogP contribution < -0.4 is 16.6 Å². The number of rotatable bonds is 6. The smallest absolute Gasteiger partial charge is 0.148 e. The summed E-state index contributed by atoms with van der Waals surface area (Å²) in [5.41, 5.74) is 5.99. The monoisotopic (exact) mass is 272 g/mol. The van der Waals surface area contributed by atoms with Gasteiger partial charge in [0.2, 0.25) is 0 Å². The van der Waals surface area contributed by atoms with E-state index in [0.29, 0.717) is 12.4 Å². The molecule has 0 amide bonds. The van der Waals surface area contributed by atoms with Crippen molar-refractivity contribution in [1.82, 2.24) is 15.0 Å². The van der Waals surface area contributed by atoms with Gasteiger partial charge in [0.05, 0.1) is 0 Å². The minimum atomic E-state index is 0.673. The van der Waals surface area contributed by atoms with Crippen molar-refractivity contribution in [3.05, 3.63) is 41.5 Å². The second-order valence-corrected chi connectivity index (χ2v) is 4.60. The number of nitrogen functional groups attached to an aromatic ring is 1. The van der Waals surface area contributed by atoms with E-state index in [-0.39, 0.29) is 0 Å². The Kier molecular flexibility index (Phi) is 4.84. The molecule has 0 saturated carbocycles. The Labute approximate surface area is 118 Å². The summed E-state index contributed by atoms with van der Waals surface area (Å²) >= 11 is 0. The van der Waals surface area contributed by atoms with Gasteiger partial charge in [-0.2, -0.15) is 0 Å². The van der Waals surface area contributed by atoms with Crippen LogP contribution in [0.2, 0.25) is 0 Å². The third-order valence-electron chi connectivity index (χ3n) is 3.18. The Morgan fingerprint density at radius 1 is 1.25 bits per heavy atom. The van der Waals surface area contributed by atoms with Crippen molar-refractivity contribution in [2.24, 2.45) is 5.84 Å². The van der Waals surface area contributed by atoms with Crippen LogP contribution in [-0.2, 0) is 13.0 Å². The first-order chi connectivity index (χ1) is 9.76. The molecule has 6 heteroatoms. The third kappa shape index (κ3) is 3.21. The molecule has 0 radical (unpaired) electrons. The summed E-state index contributed by atoms with van der Waals surface area (Å²) in [5.74, 6) is 6.99. The number of pyridine rings is 1. The van der Waals surface area contributed by atoms with Gasteiger partial charge in [-0.1, -0.05) is 13.3 Å². The molecule has 2 heterocycles. The highest BCUT2D eigenvalue weighted by Crippen LogP contribution is 2.21. The van der Waals surface area contributed by atoms with Crippen LogP contribution in [0.5, 0.6) is 0 Å². The van der Waals surface area contributed by atoms with Crippen molar-refractivity contribution in [2.45, 2.75) is 33.2 Å². The maximum absolute atomic E-state index is 5.50. The molecule has 0 unspecified atom stereocenters. The van der Waals surface area contributed by atoms with E-state index in [9.17, 15) is 0 Å². The van der Waals surface area contributed by atoms with Gasteiger partial charge in [0, 0.05) is 24.5 Å². The molecule has 0 bridgehead atoms. The Hall–Kier alpha value is -2.21. The van der Waals surface area contributed by atoms with Crippen molar-refractivity contribution < 1.29 is 0 Å². The largest absolute Gasteiger partial charge is 0.366 e. The zero-order chi connectivity index (χ0) is 14.4. The van der Waals surface area contributed by atoms with Crippen LogP contribution in [0, 0.1) is 6.92 Å². The molecule has 0 aromatic carbocycles. The lowest BCUT2D eigenvalue weighted by molar-refractivity contribution is 0.895. The van der Waals surface area contributed by atoms with Gasteiger partial charge in [-0.25, -0.2) is 15.8 Å². The molecule has 0 aliphatic carbocycles. The summed E-state index contributed by atoms with van der Waals surface area (Å²) < 4.78 is 0. The van der Waals surface area contributed by atoms with Crippen LogP contribution in [0.15, 0.2) is 24.8 Å². The summed E-state index contributed by atoms with van der Waals surface area (Å²) in [5, 5.41) is 3.34. The quantitative estimate of drug-likeness (QED) is 0.551. The number of nitrogens with two attached hydrogens (primary N) is 1. The first kappa shape index (κ1) is 14.2. The van der Waals surface area contributed by atoms with Crippen LogP contribution in [0.25, 0.3) is 0 Å². The van der Waals surface area contributed by atoms with E-state index in [4.69, 9.17) is 5.84 Å². The molecule has 0 aliphatic rings. The van der Waals surface area contributed by atoms with Crippen molar-refractivity contribution in [1.29, 1.82) is 0 Å². The Morgan fingerprint density at radius 3 is 2.75 bits per heavy atom. The van der Waals surface area contributed by atoms with Crippen molar-refractivity contribution >= 4 is 11.6 Å². The topological polar surface area (TPSA) is 88.8 Å². The first-order valence-electron chi connectivity index (χ1n) is 6.70. The molecule has 0 atom stereocenters. The minimum absolute atomic E-state index is 0.673. The molecule has 2 aromatic heterocycles.